The van der Waals surface area contributed by atoms with Crippen molar-refractivity contribution in [2.24, 2.45) is 0 Å². The first kappa shape index (κ1) is 8.05. The summed E-state index contributed by atoms with van der Waals surface area (Å²) in [6, 6.07) is 5.63. The molecule has 4 N–H and O–H groups in total. The number of aromatic nitrogens is 3. The van der Waals surface area contributed by atoms with Gasteiger partial charge in [-0.15, -0.1) is 0 Å². The average molecular weight is 200 g/mol. The van der Waals surface area contributed by atoms with Crippen molar-refractivity contribution in [2.75, 3.05) is 5.73 Å². The van der Waals surface area contributed by atoms with Gasteiger partial charge in [-0.3, -0.25) is 4.98 Å². The largest absolute Gasteiger partial charge is 0.385 e. The third kappa shape index (κ3) is 1.03. The van der Waals surface area contributed by atoms with E-state index in [2.05, 4.69) is 15.0 Å². The number of nitrogens with two attached hydrogens (primary N) is 1. The third-order valence-electron chi connectivity index (χ3n) is 2.45. The second kappa shape index (κ2) is 2.60. The Morgan fingerprint density at radius 2 is 2.07 bits per heavy atom. The Morgan fingerprint density at radius 1 is 1.20 bits per heavy atom. The average Bonchev–Trinajstić information content (AvgIpc) is 2.65. The Bertz CT molecular complexity index is 710. The first-order valence-corrected chi connectivity index (χ1v) is 4.51. The van der Waals surface area contributed by atoms with Gasteiger partial charge >= 0.3 is 5.69 Å². The molecule has 0 bridgehead atoms. The minimum Gasteiger partial charge on any atom is -0.385 e. The van der Waals surface area contributed by atoms with Crippen LogP contribution in [0.3, 0.4) is 0 Å². The van der Waals surface area contributed by atoms with Gasteiger partial charge in [-0.2, -0.15) is 4.98 Å². The maximum Gasteiger partial charge on any atom is 0.347 e. The number of nitrogen functional groups attached to an aromatic ring is 1. The molecular weight excluding hydrogens is 192 g/mol. The first-order chi connectivity index (χ1) is 7.25. The number of H-pyrrole nitrogens is 2. The number of benzene rings is 1. The summed E-state index contributed by atoms with van der Waals surface area (Å²) in [5.41, 5.74) is 6.87. The first-order valence-electron chi connectivity index (χ1n) is 4.51. The lowest BCUT2D eigenvalue weighted by Gasteiger charge is -2.00. The van der Waals surface area contributed by atoms with Gasteiger partial charge in [-0.25, -0.2) is 4.79 Å². The van der Waals surface area contributed by atoms with Crippen LogP contribution in [0.2, 0.25) is 0 Å². The second-order valence-corrected chi connectivity index (χ2v) is 3.36. The van der Waals surface area contributed by atoms with E-state index in [0.29, 0.717) is 11.3 Å². The van der Waals surface area contributed by atoms with E-state index in [9.17, 15) is 4.79 Å². The van der Waals surface area contributed by atoms with Gasteiger partial charge in [0.15, 0.2) is 0 Å². The van der Waals surface area contributed by atoms with Crippen molar-refractivity contribution < 1.29 is 0 Å². The molecule has 0 atom stereocenters. The summed E-state index contributed by atoms with van der Waals surface area (Å²) in [6.07, 6.45) is 1.81. The molecule has 0 aliphatic carbocycles. The molecule has 2 aromatic heterocycles. The van der Waals surface area contributed by atoms with Crippen molar-refractivity contribution in [3.63, 3.8) is 0 Å². The highest BCUT2D eigenvalue weighted by atomic mass is 16.1. The van der Waals surface area contributed by atoms with Gasteiger partial charge in [0.25, 0.3) is 0 Å². The lowest BCUT2D eigenvalue weighted by Crippen LogP contribution is -2.12. The summed E-state index contributed by atoms with van der Waals surface area (Å²) < 4.78 is 0. The molecule has 0 aliphatic rings. The van der Waals surface area contributed by atoms with Gasteiger partial charge in [0.05, 0.1) is 5.52 Å². The molecule has 1 aromatic carbocycles. The smallest absolute Gasteiger partial charge is 0.347 e. The van der Waals surface area contributed by atoms with Crippen LogP contribution in [0.15, 0.2) is 29.2 Å². The number of rotatable bonds is 0. The van der Waals surface area contributed by atoms with Crippen molar-refractivity contribution in [3.8, 4) is 0 Å². The van der Waals surface area contributed by atoms with Gasteiger partial charge in [-0.1, -0.05) is 0 Å². The van der Waals surface area contributed by atoms with Crippen LogP contribution in [0.5, 0.6) is 0 Å². The van der Waals surface area contributed by atoms with E-state index in [1.807, 2.05) is 24.4 Å². The summed E-state index contributed by atoms with van der Waals surface area (Å²) >= 11 is 0. The molecule has 15 heavy (non-hydrogen) atoms. The van der Waals surface area contributed by atoms with Crippen LogP contribution in [0, 0.1) is 0 Å². The van der Waals surface area contributed by atoms with Crippen LogP contribution in [0.4, 0.5) is 5.82 Å². The van der Waals surface area contributed by atoms with E-state index in [4.69, 9.17) is 5.73 Å². The maximum atomic E-state index is 11.2. The number of nitrogens with one attached hydrogen (secondary N) is 2. The molecule has 0 unspecified atom stereocenters. The zero-order valence-corrected chi connectivity index (χ0v) is 7.74. The molecule has 0 aliphatic heterocycles. The maximum absolute atomic E-state index is 11.2. The minimum absolute atomic E-state index is 0.355. The lowest BCUT2D eigenvalue weighted by molar-refractivity contribution is 1.13. The topological polar surface area (TPSA) is 87.6 Å². The van der Waals surface area contributed by atoms with Crippen LogP contribution >= 0.6 is 0 Å². The van der Waals surface area contributed by atoms with Crippen molar-refractivity contribution >= 4 is 27.6 Å². The van der Waals surface area contributed by atoms with E-state index in [1.165, 1.54) is 0 Å². The Kier molecular flexibility index (Phi) is 1.39. The summed E-state index contributed by atoms with van der Waals surface area (Å²) in [7, 11) is 0. The van der Waals surface area contributed by atoms with E-state index >= 15 is 0 Å². The van der Waals surface area contributed by atoms with E-state index in [1.54, 1.807) is 0 Å². The monoisotopic (exact) mass is 200 g/mol. The van der Waals surface area contributed by atoms with Crippen molar-refractivity contribution in [1.29, 1.82) is 0 Å². The molecule has 0 amide bonds. The molecule has 0 spiro atoms. The lowest BCUT2D eigenvalue weighted by atomic mass is 10.1. The van der Waals surface area contributed by atoms with Crippen molar-refractivity contribution in [3.05, 3.63) is 34.9 Å². The number of fused-ring (bicyclic) bond motifs is 3. The fourth-order valence-electron chi connectivity index (χ4n) is 1.77. The molecular formula is C10H8N4O. The van der Waals surface area contributed by atoms with Crippen molar-refractivity contribution in [2.45, 2.75) is 0 Å². The molecule has 0 radical (unpaired) electrons. The number of anilines is 1. The highest BCUT2D eigenvalue weighted by molar-refractivity contribution is 6.06. The molecule has 2 heterocycles. The van der Waals surface area contributed by atoms with Gasteiger partial charge in [0.2, 0.25) is 0 Å². The van der Waals surface area contributed by atoms with Gasteiger partial charge in [0.1, 0.15) is 5.82 Å². The normalized spacial score (nSPS) is 11.2. The predicted octanol–water partition coefficient (Wildman–Crippen LogP) is 0.987. The standard InChI is InChI=1S/C10H8N4O/c11-9-6-1-2-7-5(3-4-12-7)8(6)13-10(15)14-9/h1-4,12H,(H3,11,13,14,15). The second-order valence-electron chi connectivity index (χ2n) is 3.36. The van der Waals surface area contributed by atoms with E-state index < -0.39 is 5.69 Å². The molecule has 74 valence electrons. The SMILES string of the molecule is Nc1[nH]c(=O)nc2c1ccc1[nH]ccc12. The van der Waals surface area contributed by atoms with Gasteiger partial charge in [0, 0.05) is 22.5 Å². The summed E-state index contributed by atoms with van der Waals surface area (Å²) in [5, 5.41) is 1.67. The van der Waals surface area contributed by atoms with E-state index in [-0.39, 0.29) is 0 Å². The highest BCUT2D eigenvalue weighted by Crippen LogP contribution is 2.23. The van der Waals surface area contributed by atoms with Crippen LogP contribution in [0.25, 0.3) is 21.8 Å². The summed E-state index contributed by atoms with van der Waals surface area (Å²) in [4.78, 5) is 20.7. The molecule has 3 aromatic rings. The number of hydrogen-bond acceptors (Lipinski definition) is 3. The van der Waals surface area contributed by atoms with Crippen LogP contribution in [0.1, 0.15) is 0 Å². The Hall–Kier alpha value is -2.30. The van der Waals surface area contributed by atoms with Gasteiger partial charge < -0.3 is 10.7 Å². The van der Waals surface area contributed by atoms with Crippen LogP contribution < -0.4 is 11.4 Å². The predicted molar refractivity (Wildman–Crippen MR) is 58.6 cm³/mol. The molecule has 0 saturated carbocycles. The third-order valence-corrected chi connectivity index (χ3v) is 2.45. The number of nitrogens with zero attached hydrogens (tertiary/aromatic N) is 1. The highest BCUT2D eigenvalue weighted by Gasteiger charge is 2.06. The van der Waals surface area contributed by atoms with E-state index in [0.717, 1.165) is 16.3 Å². The fourth-order valence-corrected chi connectivity index (χ4v) is 1.77. The van der Waals surface area contributed by atoms with Crippen LogP contribution in [-0.4, -0.2) is 15.0 Å². The quantitative estimate of drug-likeness (QED) is 0.505. The number of hydrogen-bond donors (Lipinski definition) is 3. The number of aromatic amines is 2. The fraction of sp³-hybridized carbons (Fsp3) is 0. The minimum atomic E-state index is -0.422. The zero-order chi connectivity index (χ0) is 10.4. The summed E-state index contributed by atoms with van der Waals surface area (Å²) in [5.74, 6) is 0.355. The van der Waals surface area contributed by atoms with Crippen molar-refractivity contribution in [1.82, 2.24) is 15.0 Å². The van der Waals surface area contributed by atoms with Crippen LogP contribution in [-0.2, 0) is 0 Å². The van der Waals surface area contributed by atoms with Gasteiger partial charge in [-0.05, 0) is 18.2 Å². The molecule has 0 saturated heterocycles. The molecule has 0 fully saturated rings. The Balaban J connectivity index is 2.67. The Labute approximate surface area is 83.9 Å². The molecule has 3 rings (SSSR count). The zero-order valence-electron chi connectivity index (χ0n) is 7.74. The molecule has 5 nitrogen and oxygen atoms in total. The molecule has 5 heteroatoms. The Morgan fingerprint density at radius 3 is 2.93 bits per heavy atom. The summed E-state index contributed by atoms with van der Waals surface area (Å²) in [6.45, 7) is 0.